The van der Waals surface area contributed by atoms with Crippen LogP contribution in [0.1, 0.15) is 29.9 Å². The lowest BCUT2D eigenvalue weighted by Gasteiger charge is -2.28. The molecule has 2 unspecified atom stereocenters. The van der Waals surface area contributed by atoms with Crippen molar-refractivity contribution in [2.75, 3.05) is 7.05 Å². The molecule has 1 aromatic carbocycles. The highest BCUT2D eigenvalue weighted by atomic mass is 32.2. The first kappa shape index (κ1) is 13.9. The largest absolute Gasteiger partial charge is 0.508 e. The monoisotopic (exact) mass is 279 g/mol. The molecule has 0 fully saturated rings. The number of hydrogen-bond acceptors (Lipinski definition) is 4. The summed E-state index contributed by atoms with van der Waals surface area (Å²) < 4.78 is 0. The molecule has 0 heterocycles. The highest BCUT2D eigenvalue weighted by Gasteiger charge is 2.29. The SMILES string of the molecule is CNC(=O)SC(C=O)C1CCCc2cc(O)ccc21. The summed E-state index contributed by atoms with van der Waals surface area (Å²) in [5, 5.41) is 11.5. The minimum atomic E-state index is -0.372. The molecule has 1 aromatic rings. The Balaban J connectivity index is 2.26. The number of aryl methyl sites for hydroxylation is 1. The molecular formula is C14H17NO3S. The summed E-state index contributed by atoms with van der Waals surface area (Å²) in [4.78, 5) is 22.7. The molecule has 0 radical (unpaired) electrons. The first-order valence-electron chi connectivity index (χ1n) is 6.31. The van der Waals surface area contributed by atoms with E-state index in [-0.39, 0.29) is 22.2 Å². The summed E-state index contributed by atoms with van der Waals surface area (Å²) in [5.41, 5.74) is 2.16. The Morgan fingerprint density at radius 1 is 1.58 bits per heavy atom. The van der Waals surface area contributed by atoms with Gasteiger partial charge in [-0.15, -0.1) is 0 Å². The molecule has 0 saturated carbocycles. The third kappa shape index (κ3) is 3.10. The van der Waals surface area contributed by atoms with E-state index < -0.39 is 0 Å². The van der Waals surface area contributed by atoms with Gasteiger partial charge in [0.2, 0.25) is 0 Å². The van der Waals surface area contributed by atoms with E-state index in [2.05, 4.69) is 5.32 Å². The van der Waals surface area contributed by atoms with Crippen LogP contribution in [-0.2, 0) is 11.2 Å². The maximum atomic E-state index is 11.4. The number of aromatic hydroxyl groups is 1. The number of hydrogen-bond donors (Lipinski definition) is 2. The predicted molar refractivity (Wildman–Crippen MR) is 75.7 cm³/mol. The summed E-state index contributed by atoms with van der Waals surface area (Å²) in [7, 11) is 1.56. The smallest absolute Gasteiger partial charge is 0.279 e. The zero-order valence-corrected chi connectivity index (χ0v) is 11.6. The first-order chi connectivity index (χ1) is 9.15. The van der Waals surface area contributed by atoms with E-state index in [0.29, 0.717) is 0 Å². The van der Waals surface area contributed by atoms with Crippen LogP contribution in [0.15, 0.2) is 18.2 Å². The topological polar surface area (TPSA) is 66.4 Å². The quantitative estimate of drug-likeness (QED) is 0.834. The number of aldehydes is 1. The molecule has 5 heteroatoms. The Kier molecular flexibility index (Phi) is 4.47. The van der Waals surface area contributed by atoms with Gasteiger partial charge in [0.15, 0.2) is 0 Å². The molecule has 1 amide bonds. The van der Waals surface area contributed by atoms with Gasteiger partial charge >= 0.3 is 0 Å². The second kappa shape index (κ2) is 6.10. The van der Waals surface area contributed by atoms with Gasteiger partial charge in [-0.1, -0.05) is 17.8 Å². The van der Waals surface area contributed by atoms with Gasteiger partial charge in [0.1, 0.15) is 12.0 Å². The van der Waals surface area contributed by atoms with Crippen LogP contribution in [0.2, 0.25) is 0 Å². The van der Waals surface area contributed by atoms with Crippen LogP contribution in [0.4, 0.5) is 4.79 Å². The minimum absolute atomic E-state index is 0.0455. The van der Waals surface area contributed by atoms with Crippen molar-refractivity contribution in [2.24, 2.45) is 0 Å². The Bertz CT molecular complexity index is 490. The average Bonchev–Trinajstić information content (AvgIpc) is 2.43. The lowest BCUT2D eigenvalue weighted by Crippen LogP contribution is -2.25. The van der Waals surface area contributed by atoms with Gasteiger partial charge in [0.05, 0.1) is 5.25 Å². The van der Waals surface area contributed by atoms with Crippen molar-refractivity contribution < 1.29 is 14.7 Å². The first-order valence-corrected chi connectivity index (χ1v) is 7.19. The van der Waals surface area contributed by atoms with E-state index in [9.17, 15) is 14.7 Å². The molecule has 19 heavy (non-hydrogen) atoms. The second-order valence-electron chi connectivity index (χ2n) is 4.64. The molecule has 0 aromatic heterocycles. The van der Waals surface area contributed by atoms with Crippen LogP contribution in [0.25, 0.3) is 0 Å². The number of carbonyl (C=O) groups excluding carboxylic acids is 2. The van der Waals surface area contributed by atoms with Gasteiger partial charge in [-0.25, -0.2) is 0 Å². The molecular weight excluding hydrogens is 262 g/mol. The van der Waals surface area contributed by atoms with Crippen LogP contribution in [0.3, 0.4) is 0 Å². The van der Waals surface area contributed by atoms with Gasteiger partial charge in [0, 0.05) is 13.0 Å². The molecule has 4 nitrogen and oxygen atoms in total. The van der Waals surface area contributed by atoms with Crippen molar-refractivity contribution in [3.63, 3.8) is 0 Å². The van der Waals surface area contributed by atoms with Gasteiger partial charge in [0.25, 0.3) is 5.24 Å². The number of benzene rings is 1. The van der Waals surface area contributed by atoms with Crippen LogP contribution in [-0.4, -0.2) is 28.9 Å². The van der Waals surface area contributed by atoms with E-state index in [4.69, 9.17) is 0 Å². The third-order valence-electron chi connectivity index (χ3n) is 3.47. The Morgan fingerprint density at radius 2 is 2.37 bits per heavy atom. The molecule has 2 N–H and O–H groups in total. The summed E-state index contributed by atoms with van der Waals surface area (Å²) in [6.45, 7) is 0. The second-order valence-corrected chi connectivity index (χ2v) is 5.79. The van der Waals surface area contributed by atoms with Crippen LogP contribution in [0, 0.1) is 0 Å². The van der Waals surface area contributed by atoms with Crippen molar-refractivity contribution in [1.82, 2.24) is 5.32 Å². The highest BCUT2D eigenvalue weighted by Crippen LogP contribution is 2.39. The van der Waals surface area contributed by atoms with E-state index in [0.717, 1.165) is 48.4 Å². The number of fused-ring (bicyclic) bond motifs is 1. The standard InChI is InChI=1S/C14H17NO3S/c1-15-14(18)19-13(8-16)12-4-2-3-9-7-10(17)5-6-11(9)12/h5-8,12-13,17H,2-4H2,1H3,(H,15,18). The Labute approximate surface area is 116 Å². The zero-order valence-electron chi connectivity index (χ0n) is 10.8. The lowest BCUT2D eigenvalue weighted by atomic mass is 9.81. The van der Waals surface area contributed by atoms with Crippen LogP contribution >= 0.6 is 11.8 Å². The van der Waals surface area contributed by atoms with Gasteiger partial charge in [-0.3, -0.25) is 4.79 Å². The summed E-state index contributed by atoms with van der Waals surface area (Å²) in [6, 6.07) is 5.27. The molecule has 1 aliphatic rings. The van der Waals surface area contributed by atoms with Crippen molar-refractivity contribution in [3.8, 4) is 5.75 Å². The van der Waals surface area contributed by atoms with Gasteiger partial charge in [-0.05, 0) is 42.5 Å². The number of rotatable bonds is 3. The highest BCUT2D eigenvalue weighted by molar-refractivity contribution is 8.14. The molecule has 1 aliphatic carbocycles. The maximum Gasteiger partial charge on any atom is 0.279 e. The fraction of sp³-hybridized carbons (Fsp3) is 0.429. The fourth-order valence-electron chi connectivity index (χ4n) is 2.57. The number of thioether (sulfide) groups is 1. The van der Waals surface area contributed by atoms with Crippen molar-refractivity contribution in [1.29, 1.82) is 0 Å². The molecule has 0 spiro atoms. The van der Waals surface area contributed by atoms with Crippen molar-refractivity contribution in [2.45, 2.75) is 30.4 Å². The number of amides is 1. The van der Waals surface area contributed by atoms with E-state index in [1.165, 1.54) is 0 Å². The third-order valence-corrected chi connectivity index (χ3v) is 4.60. The Morgan fingerprint density at radius 3 is 3.05 bits per heavy atom. The maximum absolute atomic E-state index is 11.4. The predicted octanol–water partition coefficient (Wildman–Crippen LogP) is 2.45. The number of phenols is 1. The van der Waals surface area contributed by atoms with Crippen LogP contribution < -0.4 is 5.32 Å². The number of carbonyl (C=O) groups is 2. The average molecular weight is 279 g/mol. The zero-order chi connectivity index (χ0) is 13.8. The molecule has 0 aliphatic heterocycles. The fourth-order valence-corrected chi connectivity index (χ4v) is 3.43. The Hall–Kier alpha value is -1.49. The number of phenolic OH excluding ortho intramolecular Hbond substituents is 1. The van der Waals surface area contributed by atoms with Gasteiger partial charge < -0.3 is 15.2 Å². The van der Waals surface area contributed by atoms with E-state index in [1.54, 1.807) is 19.2 Å². The molecule has 0 saturated heterocycles. The minimum Gasteiger partial charge on any atom is -0.508 e. The summed E-state index contributed by atoms with van der Waals surface area (Å²) >= 11 is 1.04. The molecule has 0 bridgehead atoms. The van der Waals surface area contributed by atoms with E-state index >= 15 is 0 Å². The van der Waals surface area contributed by atoms with Crippen molar-refractivity contribution in [3.05, 3.63) is 29.3 Å². The van der Waals surface area contributed by atoms with Crippen LogP contribution in [0.5, 0.6) is 5.75 Å². The lowest BCUT2D eigenvalue weighted by molar-refractivity contribution is -0.107. The molecule has 102 valence electrons. The van der Waals surface area contributed by atoms with Gasteiger partial charge in [-0.2, -0.15) is 0 Å². The molecule has 2 atom stereocenters. The number of nitrogens with one attached hydrogen (secondary N) is 1. The summed E-state index contributed by atoms with van der Waals surface area (Å²) in [5.74, 6) is 0.296. The van der Waals surface area contributed by atoms with E-state index in [1.807, 2.05) is 6.07 Å². The molecule has 2 rings (SSSR count). The van der Waals surface area contributed by atoms with Crippen molar-refractivity contribution >= 4 is 23.3 Å². The summed E-state index contributed by atoms with van der Waals surface area (Å²) in [6.07, 6.45) is 3.63. The normalized spacial score (nSPS) is 19.3.